The van der Waals surface area contributed by atoms with E-state index in [1.807, 2.05) is 90.5 Å². The van der Waals surface area contributed by atoms with Crippen molar-refractivity contribution in [2.24, 2.45) is 36.0 Å². The van der Waals surface area contributed by atoms with Crippen LogP contribution < -0.4 is 27.0 Å². The Kier molecular flexibility index (Phi) is 22.7. The predicted octanol–water partition coefficient (Wildman–Crippen LogP) is 8.13. The second kappa shape index (κ2) is 27.2. The van der Waals surface area contributed by atoms with Gasteiger partial charge in [0.25, 0.3) is 0 Å². The van der Waals surface area contributed by atoms with Crippen molar-refractivity contribution in [1.82, 2.24) is 30.3 Å². The van der Waals surface area contributed by atoms with E-state index in [-0.39, 0.29) is 50.2 Å². The number of Topliss-reactive ketones (excluding diaryl/α,β-unsaturated/α-hetero) is 1. The quantitative estimate of drug-likeness (QED) is 0.0248. The van der Waals surface area contributed by atoms with Crippen LogP contribution >= 0.6 is 0 Å². The highest BCUT2D eigenvalue weighted by Gasteiger charge is 2.46. The molecule has 0 radical (unpaired) electrons. The van der Waals surface area contributed by atoms with Crippen LogP contribution in [0.2, 0.25) is 0 Å². The first-order valence-electron chi connectivity index (χ1n) is 26.0. The summed E-state index contributed by atoms with van der Waals surface area (Å²) in [6.45, 7) is 25.3. The highest BCUT2D eigenvalue weighted by molar-refractivity contribution is 5.98. The van der Waals surface area contributed by atoms with Gasteiger partial charge in [-0.1, -0.05) is 98.7 Å². The Hall–Kier alpha value is -6.92. The lowest BCUT2D eigenvalue weighted by atomic mass is 9.76. The summed E-state index contributed by atoms with van der Waals surface area (Å²) in [6.07, 6.45) is 2.41. The van der Waals surface area contributed by atoms with Crippen LogP contribution in [-0.2, 0) is 57.3 Å². The molecule has 7 amide bonds. The van der Waals surface area contributed by atoms with E-state index < -0.39 is 88.4 Å². The number of primary amides is 1. The van der Waals surface area contributed by atoms with Gasteiger partial charge in [0, 0.05) is 73.8 Å². The molecule has 1 heterocycles. The SMILES string of the molecule is CCOC(=O)/C(C)=C/[C@H](C(C)C)N(C)C(=O)[C@@H](NC(=O)[C@@H](N(C)C(=O)OCc1ccc(NC(=O)[C@H](CCCNC(N)=O)CC(=O)C(NC(=O)OC(C)(C)C)C(C)C)cc1)C(C)(C)c1cn(C)c2ccccc12)C(C)(C)C. The van der Waals surface area contributed by atoms with Crippen LogP contribution in [0.5, 0.6) is 0 Å². The van der Waals surface area contributed by atoms with Crippen LogP contribution in [0, 0.1) is 23.2 Å². The number of ketones is 1. The first-order chi connectivity index (χ1) is 35.2. The number of alkyl carbamates (subject to hydrolysis) is 1. The fourth-order valence-corrected chi connectivity index (χ4v) is 9.12. The van der Waals surface area contributed by atoms with E-state index >= 15 is 4.79 Å². The number of hydrogen-bond donors (Lipinski definition) is 5. The Morgan fingerprint density at radius 2 is 1.42 bits per heavy atom. The summed E-state index contributed by atoms with van der Waals surface area (Å²) in [5.74, 6) is -3.59. The molecule has 0 aliphatic carbocycles. The number of para-hydroxylation sites is 1. The molecule has 420 valence electrons. The van der Waals surface area contributed by atoms with Gasteiger partial charge >= 0.3 is 24.2 Å². The Morgan fingerprint density at radius 1 is 0.803 bits per heavy atom. The van der Waals surface area contributed by atoms with Gasteiger partial charge in [0.15, 0.2) is 5.78 Å². The molecule has 0 saturated carbocycles. The van der Waals surface area contributed by atoms with E-state index in [9.17, 15) is 33.6 Å². The normalized spacial score (nSPS) is 14.2. The number of likely N-dealkylation sites (N-methyl/N-ethyl adjacent to an activating group) is 2. The topological polar surface area (TPSA) is 250 Å². The average molecular weight is 1060 g/mol. The minimum Gasteiger partial charge on any atom is -0.463 e. The van der Waals surface area contributed by atoms with Crippen molar-refractivity contribution >= 4 is 64.3 Å². The first kappa shape index (κ1) is 63.4. The molecule has 1 aromatic heterocycles. The highest BCUT2D eigenvalue weighted by atomic mass is 16.6. The molecule has 0 fully saturated rings. The zero-order valence-corrected chi connectivity index (χ0v) is 48.0. The molecule has 3 aromatic rings. The Labute approximate surface area is 449 Å². The molecular formula is C57H86N8O11. The van der Waals surface area contributed by atoms with Crippen LogP contribution in [0.3, 0.4) is 0 Å². The van der Waals surface area contributed by atoms with E-state index in [1.54, 1.807) is 85.9 Å². The number of aromatic nitrogens is 1. The number of carbonyl (C=O) groups is 8. The summed E-state index contributed by atoms with van der Waals surface area (Å²) in [5, 5.41) is 11.9. The van der Waals surface area contributed by atoms with E-state index in [0.717, 1.165) is 16.5 Å². The lowest BCUT2D eigenvalue weighted by Crippen LogP contribution is -2.63. The van der Waals surface area contributed by atoms with Gasteiger partial charge in [-0.3, -0.25) is 24.1 Å². The van der Waals surface area contributed by atoms with Gasteiger partial charge in [0.05, 0.1) is 18.7 Å². The first-order valence-corrected chi connectivity index (χ1v) is 26.0. The molecule has 19 nitrogen and oxygen atoms in total. The molecule has 0 spiro atoms. The Balaban J connectivity index is 1.92. The maximum absolute atomic E-state index is 15.1. The van der Waals surface area contributed by atoms with Gasteiger partial charge in [-0.15, -0.1) is 0 Å². The number of anilines is 1. The number of nitrogens with two attached hydrogens (primary N) is 1. The molecule has 6 N–H and O–H groups in total. The number of fused-ring (bicyclic) bond motifs is 1. The minimum absolute atomic E-state index is 0.118. The van der Waals surface area contributed by atoms with Crippen LogP contribution in [0.1, 0.15) is 127 Å². The average Bonchev–Trinajstić information content (AvgIpc) is 3.67. The van der Waals surface area contributed by atoms with Crippen LogP contribution in [0.15, 0.2) is 66.4 Å². The lowest BCUT2D eigenvalue weighted by Gasteiger charge is -2.42. The number of benzene rings is 2. The van der Waals surface area contributed by atoms with Crippen molar-refractivity contribution in [3.8, 4) is 0 Å². The summed E-state index contributed by atoms with van der Waals surface area (Å²) in [5.41, 5.74) is 5.54. The Morgan fingerprint density at radius 3 is 1.97 bits per heavy atom. The van der Waals surface area contributed by atoms with Crippen LogP contribution in [0.25, 0.3) is 10.9 Å². The van der Waals surface area contributed by atoms with E-state index in [4.69, 9.17) is 19.9 Å². The van der Waals surface area contributed by atoms with Crippen LogP contribution in [-0.4, -0.2) is 119 Å². The van der Waals surface area contributed by atoms with Crippen LogP contribution in [0.4, 0.5) is 20.1 Å². The maximum atomic E-state index is 15.1. The molecule has 19 heteroatoms. The summed E-state index contributed by atoms with van der Waals surface area (Å²) in [7, 11) is 5.03. The van der Waals surface area contributed by atoms with Gasteiger partial charge in [0.1, 0.15) is 24.3 Å². The summed E-state index contributed by atoms with van der Waals surface area (Å²) >= 11 is 0. The number of esters is 1. The van der Waals surface area contributed by atoms with Gasteiger partial charge in [-0.05, 0) is 94.0 Å². The monoisotopic (exact) mass is 1060 g/mol. The maximum Gasteiger partial charge on any atom is 0.410 e. The zero-order valence-electron chi connectivity index (χ0n) is 48.0. The number of rotatable bonds is 24. The second-order valence-electron chi connectivity index (χ2n) is 22.9. The van der Waals surface area contributed by atoms with Crippen molar-refractivity contribution in [1.29, 1.82) is 0 Å². The fraction of sp³-hybridized carbons (Fsp3) is 0.579. The van der Waals surface area contributed by atoms with Gasteiger partial charge in [-0.2, -0.15) is 0 Å². The molecule has 76 heavy (non-hydrogen) atoms. The van der Waals surface area contributed by atoms with Gasteiger partial charge < -0.3 is 50.7 Å². The number of amides is 7. The number of nitrogens with one attached hydrogen (secondary N) is 4. The molecule has 1 unspecified atom stereocenters. The third-order valence-electron chi connectivity index (χ3n) is 13.2. The van der Waals surface area contributed by atoms with Crippen molar-refractivity contribution in [2.45, 2.75) is 158 Å². The van der Waals surface area contributed by atoms with E-state index in [1.165, 1.54) is 16.8 Å². The number of carbonyl (C=O) groups excluding carboxylic acids is 8. The molecule has 0 aliphatic heterocycles. The molecule has 0 saturated heterocycles. The molecule has 0 aliphatic rings. The largest absolute Gasteiger partial charge is 0.463 e. The standard InChI is InChI=1S/C57H86N8O11/c1-18-74-51(70)36(6)30-43(34(2)3)64(16)50(69)46(55(7,8)9)62-49(68)47(57(13,14)41-32-63(15)42-24-20-19-23-40(41)42)65(17)54(73)75-33-37-25-27-39(28-26-37)60-48(67)38(22-21-29-59-52(58)71)31-44(66)45(35(4)5)61-53(72)76-56(10,11)12/h19-20,23-28,30,32,34-35,38,43,45-47H,18,21-22,29,31,33H2,1-17H3,(H,60,67)(H,61,72)(H,62,68)(H3,58,59,71)/b36-30+/t38-,43-,45?,46-,47-/m1/s1. The summed E-state index contributed by atoms with van der Waals surface area (Å²) in [4.78, 5) is 111. The van der Waals surface area contributed by atoms with Crippen molar-refractivity contribution in [3.63, 3.8) is 0 Å². The molecule has 0 bridgehead atoms. The molecule has 5 atom stereocenters. The van der Waals surface area contributed by atoms with E-state index in [0.29, 0.717) is 23.2 Å². The molecular weight excluding hydrogens is 973 g/mol. The number of nitrogens with zero attached hydrogens (tertiary/aromatic N) is 3. The van der Waals surface area contributed by atoms with Crippen molar-refractivity contribution < 1.29 is 52.6 Å². The van der Waals surface area contributed by atoms with Gasteiger partial charge in [0.2, 0.25) is 17.7 Å². The van der Waals surface area contributed by atoms with Crippen molar-refractivity contribution in [3.05, 3.63) is 77.5 Å². The predicted molar refractivity (Wildman–Crippen MR) is 294 cm³/mol. The molecule has 2 aromatic carbocycles. The Bertz CT molecular complexity index is 2550. The zero-order chi connectivity index (χ0) is 57.6. The number of ether oxygens (including phenoxy) is 3. The minimum atomic E-state index is -1.23. The third kappa shape index (κ3) is 17.9. The molecule has 3 rings (SSSR count). The lowest BCUT2D eigenvalue weighted by molar-refractivity contribution is -0.142. The highest BCUT2D eigenvalue weighted by Crippen LogP contribution is 2.37. The fourth-order valence-electron chi connectivity index (χ4n) is 9.12. The smallest absolute Gasteiger partial charge is 0.410 e. The number of urea groups is 1. The van der Waals surface area contributed by atoms with E-state index in [2.05, 4.69) is 21.3 Å². The second-order valence-corrected chi connectivity index (χ2v) is 22.9. The van der Waals surface area contributed by atoms with Crippen molar-refractivity contribution in [2.75, 3.05) is 32.6 Å². The number of aryl methyl sites for hydroxylation is 1. The van der Waals surface area contributed by atoms with Gasteiger partial charge in [-0.25, -0.2) is 19.2 Å². The third-order valence-corrected chi connectivity index (χ3v) is 13.2. The number of hydrogen-bond acceptors (Lipinski definition) is 11. The summed E-state index contributed by atoms with van der Waals surface area (Å²) < 4.78 is 18.4. The summed E-state index contributed by atoms with van der Waals surface area (Å²) in [6, 6.07) is 9.83.